The fourth-order valence-electron chi connectivity index (χ4n) is 3.12. The van der Waals surface area contributed by atoms with Gasteiger partial charge in [0, 0.05) is 12.1 Å². The molecule has 2 nitrogen and oxygen atoms in total. The van der Waals surface area contributed by atoms with Crippen molar-refractivity contribution < 1.29 is 0 Å². The molecule has 0 radical (unpaired) electrons. The molecule has 0 spiro atoms. The standard InChI is InChI=1S/C17H34N2/c1-6-11-19(12-7-8-15(2)3)17-9-13-18(14-10-17)16(4)5/h16-17H,2,6-14H2,1,3-5H3. The lowest BCUT2D eigenvalue weighted by atomic mass is 10.0. The van der Waals surface area contributed by atoms with E-state index in [0.717, 1.165) is 6.04 Å². The second-order valence-corrected chi connectivity index (χ2v) is 6.46. The van der Waals surface area contributed by atoms with Crippen LogP contribution in [-0.4, -0.2) is 48.1 Å². The van der Waals surface area contributed by atoms with Gasteiger partial charge < -0.3 is 9.80 Å². The predicted molar refractivity (Wildman–Crippen MR) is 85.6 cm³/mol. The maximum absolute atomic E-state index is 4.01. The van der Waals surface area contributed by atoms with Gasteiger partial charge in [0.05, 0.1) is 0 Å². The van der Waals surface area contributed by atoms with Crippen LogP contribution in [0, 0.1) is 0 Å². The molecule has 0 aromatic carbocycles. The lowest BCUT2D eigenvalue weighted by molar-refractivity contribution is 0.0911. The summed E-state index contributed by atoms with van der Waals surface area (Å²) in [6.07, 6.45) is 6.44. The first-order valence-corrected chi connectivity index (χ1v) is 8.17. The molecule has 0 unspecified atom stereocenters. The van der Waals surface area contributed by atoms with E-state index in [1.165, 1.54) is 63.9 Å². The predicted octanol–water partition coefficient (Wildman–Crippen LogP) is 3.93. The number of hydrogen-bond acceptors (Lipinski definition) is 2. The van der Waals surface area contributed by atoms with Crippen molar-refractivity contribution in [3.63, 3.8) is 0 Å². The van der Waals surface area contributed by atoms with E-state index in [9.17, 15) is 0 Å². The van der Waals surface area contributed by atoms with Gasteiger partial charge in [-0.25, -0.2) is 0 Å². The van der Waals surface area contributed by atoms with Crippen LogP contribution >= 0.6 is 0 Å². The molecular weight excluding hydrogens is 232 g/mol. The number of allylic oxidation sites excluding steroid dienone is 1. The molecule has 1 aliphatic rings. The third-order valence-electron chi connectivity index (χ3n) is 4.31. The Hall–Kier alpha value is -0.340. The van der Waals surface area contributed by atoms with Gasteiger partial charge in [-0.1, -0.05) is 12.5 Å². The summed E-state index contributed by atoms with van der Waals surface area (Å²) in [5.41, 5.74) is 1.33. The van der Waals surface area contributed by atoms with Gasteiger partial charge in [-0.3, -0.25) is 0 Å². The Bertz CT molecular complexity index is 252. The van der Waals surface area contributed by atoms with E-state index < -0.39 is 0 Å². The van der Waals surface area contributed by atoms with Gasteiger partial charge in [-0.2, -0.15) is 0 Å². The van der Waals surface area contributed by atoms with Crippen LogP contribution in [0.4, 0.5) is 0 Å². The second kappa shape index (κ2) is 8.76. The lowest BCUT2D eigenvalue weighted by Gasteiger charge is -2.40. The van der Waals surface area contributed by atoms with Crippen LogP contribution in [0.15, 0.2) is 12.2 Å². The van der Waals surface area contributed by atoms with Crippen LogP contribution in [0.25, 0.3) is 0 Å². The quantitative estimate of drug-likeness (QED) is 0.614. The molecule has 112 valence electrons. The van der Waals surface area contributed by atoms with Gasteiger partial charge >= 0.3 is 0 Å². The molecule has 0 amide bonds. The van der Waals surface area contributed by atoms with Crippen LogP contribution in [0.1, 0.15) is 59.8 Å². The zero-order valence-electron chi connectivity index (χ0n) is 13.6. The van der Waals surface area contributed by atoms with E-state index >= 15 is 0 Å². The first-order chi connectivity index (χ1) is 9.04. The zero-order valence-corrected chi connectivity index (χ0v) is 13.6. The average Bonchev–Trinajstić information content (AvgIpc) is 2.37. The molecule has 1 saturated heterocycles. The van der Waals surface area contributed by atoms with E-state index in [0.29, 0.717) is 6.04 Å². The molecule has 0 atom stereocenters. The number of nitrogens with zero attached hydrogens (tertiary/aromatic N) is 2. The Labute approximate surface area is 120 Å². The highest BCUT2D eigenvalue weighted by Crippen LogP contribution is 2.19. The summed E-state index contributed by atoms with van der Waals surface area (Å²) in [5, 5.41) is 0. The summed E-state index contributed by atoms with van der Waals surface area (Å²) >= 11 is 0. The molecular formula is C17H34N2. The number of likely N-dealkylation sites (tertiary alicyclic amines) is 1. The summed E-state index contributed by atoms with van der Waals surface area (Å²) < 4.78 is 0. The minimum atomic E-state index is 0.712. The van der Waals surface area contributed by atoms with Crippen molar-refractivity contribution in [3.05, 3.63) is 12.2 Å². The first-order valence-electron chi connectivity index (χ1n) is 8.17. The molecule has 0 saturated carbocycles. The Morgan fingerprint density at radius 1 is 1.26 bits per heavy atom. The van der Waals surface area contributed by atoms with E-state index in [2.05, 4.69) is 44.1 Å². The molecule has 1 heterocycles. The van der Waals surface area contributed by atoms with E-state index in [1.54, 1.807) is 0 Å². The molecule has 1 fully saturated rings. The number of hydrogen-bond donors (Lipinski definition) is 0. The van der Waals surface area contributed by atoms with Crippen LogP contribution in [0.3, 0.4) is 0 Å². The Morgan fingerprint density at radius 2 is 1.89 bits per heavy atom. The summed E-state index contributed by atoms with van der Waals surface area (Å²) in [6, 6.07) is 1.53. The summed E-state index contributed by atoms with van der Waals surface area (Å²) in [6.45, 7) is 18.2. The second-order valence-electron chi connectivity index (χ2n) is 6.46. The molecule has 0 N–H and O–H groups in total. The molecule has 1 aliphatic heterocycles. The van der Waals surface area contributed by atoms with Gasteiger partial charge in [0.25, 0.3) is 0 Å². The van der Waals surface area contributed by atoms with Crippen molar-refractivity contribution in [1.29, 1.82) is 0 Å². The maximum atomic E-state index is 4.01. The van der Waals surface area contributed by atoms with Gasteiger partial charge in [-0.15, -0.1) is 6.58 Å². The average molecular weight is 266 g/mol. The van der Waals surface area contributed by atoms with Gasteiger partial charge in [0.1, 0.15) is 0 Å². The summed E-state index contributed by atoms with van der Waals surface area (Å²) in [5.74, 6) is 0. The molecule has 1 rings (SSSR count). The summed E-state index contributed by atoms with van der Waals surface area (Å²) in [4.78, 5) is 5.36. The normalized spacial score (nSPS) is 18.4. The van der Waals surface area contributed by atoms with Crippen LogP contribution in [0.2, 0.25) is 0 Å². The van der Waals surface area contributed by atoms with Crippen molar-refractivity contribution in [2.75, 3.05) is 26.2 Å². The number of rotatable bonds is 8. The topological polar surface area (TPSA) is 6.48 Å². The maximum Gasteiger partial charge on any atom is 0.0120 e. The molecule has 0 aromatic rings. The van der Waals surface area contributed by atoms with Gasteiger partial charge in [0.15, 0.2) is 0 Å². The Kier molecular flexibility index (Phi) is 7.70. The molecule has 19 heavy (non-hydrogen) atoms. The first kappa shape index (κ1) is 16.7. The zero-order chi connectivity index (χ0) is 14.3. The van der Waals surface area contributed by atoms with Gasteiger partial charge in [0.2, 0.25) is 0 Å². The van der Waals surface area contributed by atoms with E-state index in [-0.39, 0.29) is 0 Å². The fourth-order valence-corrected chi connectivity index (χ4v) is 3.12. The third-order valence-corrected chi connectivity index (χ3v) is 4.31. The van der Waals surface area contributed by atoms with Crippen LogP contribution < -0.4 is 0 Å². The smallest absolute Gasteiger partial charge is 0.0120 e. The van der Waals surface area contributed by atoms with Crippen molar-refractivity contribution >= 4 is 0 Å². The minimum Gasteiger partial charge on any atom is -0.301 e. The Balaban J connectivity index is 2.37. The SMILES string of the molecule is C=C(C)CCCN(CCC)C1CCN(C(C)C)CC1. The largest absolute Gasteiger partial charge is 0.301 e. The Morgan fingerprint density at radius 3 is 2.37 bits per heavy atom. The molecule has 0 aromatic heterocycles. The monoisotopic (exact) mass is 266 g/mol. The van der Waals surface area contributed by atoms with E-state index in [4.69, 9.17) is 0 Å². The molecule has 0 bridgehead atoms. The molecule has 0 aliphatic carbocycles. The highest BCUT2D eigenvalue weighted by Gasteiger charge is 2.24. The fraction of sp³-hybridized carbons (Fsp3) is 0.882. The third kappa shape index (κ3) is 6.09. The van der Waals surface area contributed by atoms with Crippen LogP contribution in [-0.2, 0) is 0 Å². The number of piperidine rings is 1. The van der Waals surface area contributed by atoms with E-state index in [1.807, 2.05) is 0 Å². The van der Waals surface area contributed by atoms with Crippen LogP contribution in [0.5, 0.6) is 0 Å². The highest BCUT2D eigenvalue weighted by atomic mass is 15.2. The van der Waals surface area contributed by atoms with Crippen molar-refractivity contribution in [2.45, 2.75) is 71.9 Å². The van der Waals surface area contributed by atoms with Gasteiger partial charge in [-0.05, 0) is 79.1 Å². The minimum absolute atomic E-state index is 0.712. The molecule has 2 heteroatoms. The lowest BCUT2D eigenvalue weighted by Crippen LogP contribution is -2.47. The summed E-state index contributed by atoms with van der Waals surface area (Å²) in [7, 11) is 0. The van der Waals surface area contributed by atoms with Crippen molar-refractivity contribution in [3.8, 4) is 0 Å². The van der Waals surface area contributed by atoms with Crippen molar-refractivity contribution in [1.82, 2.24) is 9.80 Å². The highest BCUT2D eigenvalue weighted by molar-refractivity contribution is 4.88. The van der Waals surface area contributed by atoms with Crippen molar-refractivity contribution in [2.24, 2.45) is 0 Å².